The van der Waals surface area contributed by atoms with Gasteiger partial charge in [-0.1, -0.05) is 170 Å². The molecule has 2 aliphatic carbocycles. The molecule has 2 rings (SSSR count). The molecule has 0 N–H and O–H groups in total. The topological polar surface area (TPSA) is 34.1 Å². The van der Waals surface area contributed by atoms with Gasteiger partial charge in [-0.05, 0) is 89.2 Å². The number of rotatable bonds is 12. The summed E-state index contributed by atoms with van der Waals surface area (Å²) in [5.74, 6) is 0. The van der Waals surface area contributed by atoms with Crippen molar-refractivity contribution >= 4 is 33.8 Å². The predicted molar refractivity (Wildman–Crippen MR) is 216 cm³/mol. The van der Waals surface area contributed by atoms with E-state index in [0.717, 1.165) is 25.7 Å². The van der Waals surface area contributed by atoms with Crippen LogP contribution in [0.15, 0.2) is 130 Å². The Labute approximate surface area is 301 Å². The maximum Gasteiger partial charge on any atom is 0.186 e. The highest BCUT2D eigenvalue weighted by atomic mass is 32.2. The largest absolute Gasteiger partial charge is 0.288 e. The monoisotopic (exact) mass is 684 g/mol. The Kier molecular flexibility index (Phi) is 16.7. The Balaban J connectivity index is 1.97. The van der Waals surface area contributed by atoms with Gasteiger partial charge in [0, 0.05) is 24.3 Å². The molecule has 0 aromatic carbocycles. The zero-order valence-corrected chi connectivity index (χ0v) is 33.3. The maximum atomic E-state index is 11.7. The van der Waals surface area contributed by atoms with Gasteiger partial charge in [-0.2, -0.15) is 0 Å². The molecule has 2 atom stereocenters. The van der Waals surface area contributed by atoms with E-state index in [4.69, 9.17) is 0 Å². The van der Waals surface area contributed by atoms with E-state index < -0.39 is 0 Å². The molecule has 0 saturated carbocycles. The van der Waals surface area contributed by atoms with Crippen molar-refractivity contribution in [3.63, 3.8) is 0 Å². The van der Waals surface area contributed by atoms with Crippen LogP contribution in [0.25, 0.3) is 0 Å². The Hall–Kier alpha value is -2.82. The van der Waals surface area contributed by atoms with Gasteiger partial charge >= 0.3 is 0 Å². The van der Waals surface area contributed by atoms with Gasteiger partial charge in [0.15, 0.2) is 10.2 Å². The molecule has 0 bridgehead atoms. The number of hydrogen-bond acceptors (Lipinski definition) is 4. The number of carbonyl (C=O) groups is 2. The molecule has 0 aromatic rings. The summed E-state index contributed by atoms with van der Waals surface area (Å²) in [6, 6.07) is 0. The van der Waals surface area contributed by atoms with Crippen LogP contribution in [0.2, 0.25) is 0 Å². The van der Waals surface area contributed by atoms with Gasteiger partial charge in [-0.3, -0.25) is 9.59 Å². The fraction of sp³-hybridized carbons (Fsp3) is 0.455. The molecule has 0 aromatic heterocycles. The molecule has 0 amide bonds. The molecule has 0 spiro atoms. The third kappa shape index (κ3) is 14.0. The minimum Gasteiger partial charge on any atom is -0.288 e. The molecular weight excluding hydrogens is 625 g/mol. The smallest absolute Gasteiger partial charge is 0.186 e. The van der Waals surface area contributed by atoms with Crippen molar-refractivity contribution < 1.29 is 9.59 Å². The van der Waals surface area contributed by atoms with Crippen molar-refractivity contribution in [1.29, 1.82) is 0 Å². The minimum atomic E-state index is 0.123. The molecule has 4 heteroatoms. The number of carbonyl (C=O) groups excluding carboxylic acids is 2. The molecule has 260 valence electrons. The van der Waals surface area contributed by atoms with E-state index in [0.29, 0.717) is 10.5 Å². The second kappa shape index (κ2) is 19.4. The van der Waals surface area contributed by atoms with Gasteiger partial charge in [0.25, 0.3) is 0 Å². The van der Waals surface area contributed by atoms with Crippen molar-refractivity contribution in [2.24, 2.45) is 10.8 Å². The second-order valence-electron chi connectivity index (χ2n) is 14.6. The van der Waals surface area contributed by atoms with E-state index >= 15 is 0 Å². The van der Waals surface area contributed by atoms with E-state index in [1.54, 1.807) is 13.8 Å². The first-order valence-electron chi connectivity index (χ1n) is 17.3. The highest BCUT2D eigenvalue weighted by Crippen LogP contribution is 2.46. The van der Waals surface area contributed by atoms with E-state index in [1.165, 1.54) is 68.1 Å². The molecule has 0 radical (unpaired) electrons. The highest BCUT2D eigenvalue weighted by molar-refractivity contribution is 8.14. The van der Waals surface area contributed by atoms with Gasteiger partial charge in [0.1, 0.15) is 0 Å². The summed E-state index contributed by atoms with van der Waals surface area (Å²) in [6.45, 7) is 25.4. The number of thioether (sulfide) groups is 2. The predicted octanol–water partition coefficient (Wildman–Crippen LogP) is 13.1. The van der Waals surface area contributed by atoms with Crippen molar-refractivity contribution in [3.8, 4) is 0 Å². The quantitative estimate of drug-likeness (QED) is 0.192. The first-order valence-corrected chi connectivity index (χ1v) is 19.0. The summed E-state index contributed by atoms with van der Waals surface area (Å²) >= 11 is 2.94. The molecule has 0 fully saturated rings. The van der Waals surface area contributed by atoms with Crippen LogP contribution in [0.5, 0.6) is 0 Å². The second-order valence-corrected chi connectivity index (χ2v) is 17.4. The molecule has 0 heterocycles. The summed E-state index contributed by atoms with van der Waals surface area (Å²) < 4.78 is 0. The van der Waals surface area contributed by atoms with Crippen LogP contribution in [0.1, 0.15) is 109 Å². The van der Waals surface area contributed by atoms with E-state index in [-0.39, 0.29) is 21.1 Å². The SMILES string of the molecule is CC(=O)SC1CCC(C)(C)C(/C=C/C(C)=C/C=C/C(C)=C\C=C\C=C(C)\C=C\C=C(C)\C=C\C2=C(C)C(SC(C)=O)CCC2(C)C)=C1C. The Morgan fingerprint density at radius 2 is 0.854 bits per heavy atom. The van der Waals surface area contributed by atoms with Crippen LogP contribution < -0.4 is 0 Å². The fourth-order valence-electron chi connectivity index (χ4n) is 6.28. The van der Waals surface area contributed by atoms with Gasteiger partial charge < -0.3 is 0 Å². The van der Waals surface area contributed by atoms with E-state index in [9.17, 15) is 9.59 Å². The van der Waals surface area contributed by atoms with E-state index in [1.807, 2.05) is 0 Å². The van der Waals surface area contributed by atoms with Crippen LogP contribution in [0.4, 0.5) is 0 Å². The van der Waals surface area contributed by atoms with E-state index in [2.05, 4.69) is 154 Å². The zero-order valence-electron chi connectivity index (χ0n) is 31.7. The Morgan fingerprint density at radius 3 is 1.19 bits per heavy atom. The van der Waals surface area contributed by atoms with Crippen LogP contribution >= 0.6 is 23.5 Å². The zero-order chi connectivity index (χ0) is 36.1. The lowest BCUT2D eigenvalue weighted by Gasteiger charge is -2.36. The molecule has 2 aliphatic rings. The van der Waals surface area contributed by atoms with Crippen molar-refractivity contribution in [2.75, 3.05) is 0 Å². The highest BCUT2D eigenvalue weighted by Gasteiger charge is 2.33. The lowest BCUT2D eigenvalue weighted by atomic mass is 9.72. The maximum absolute atomic E-state index is 11.7. The van der Waals surface area contributed by atoms with Gasteiger partial charge in [0.2, 0.25) is 0 Å². The standard InChI is InChI=1S/C44H60O2S2/c1-31(19-15-21-33(3)23-25-39-35(5)41(47-37(7)45)27-29-43(39,9)10)17-13-14-18-32(2)20-16-22-34(4)24-26-40-36(6)42(48-38(8)46)28-30-44(40,11)12/h13-26,41-42H,27-30H2,1-12H3/b14-13+,19-15+,20-16+,25-23+,26-24+,31-17-,32-18+,33-21+,34-22+. The number of allylic oxidation sites excluding steroid dienone is 20. The Morgan fingerprint density at radius 1 is 0.542 bits per heavy atom. The van der Waals surface area contributed by atoms with Crippen LogP contribution in [0.3, 0.4) is 0 Å². The normalized spacial score (nSPS) is 23.2. The average Bonchev–Trinajstić information content (AvgIpc) is 2.97. The lowest BCUT2D eigenvalue weighted by molar-refractivity contribution is -0.110. The molecular formula is C44H60O2S2. The summed E-state index contributed by atoms with van der Waals surface area (Å²) in [5.41, 5.74) is 10.4. The summed E-state index contributed by atoms with van der Waals surface area (Å²) in [7, 11) is 0. The molecule has 2 unspecified atom stereocenters. The summed E-state index contributed by atoms with van der Waals surface area (Å²) in [6.07, 6.45) is 34.3. The first-order chi connectivity index (χ1) is 22.4. The van der Waals surface area contributed by atoms with Gasteiger partial charge in [-0.25, -0.2) is 0 Å². The van der Waals surface area contributed by atoms with Crippen LogP contribution in [-0.2, 0) is 9.59 Å². The number of hydrogen-bond donors (Lipinski definition) is 0. The third-order valence-corrected chi connectivity index (χ3v) is 11.7. The summed E-state index contributed by atoms with van der Waals surface area (Å²) in [4.78, 5) is 23.4. The van der Waals surface area contributed by atoms with Crippen molar-refractivity contribution in [1.82, 2.24) is 0 Å². The Bertz CT molecular complexity index is 1410. The average molecular weight is 685 g/mol. The molecule has 0 saturated heterocycles. The van der Waals surface area contributed by atoms with Gasteiger partial charge in [-0.15, -0.1) is 0 Å². The van der Waals surface area contributed by atoms with Crippen LogP contribution in [0, 0.1) is 10.8 Å². The van der Waals surface area contributed by atoms with Crippen molar-refractivity contribution in [3.05, 3.63) is 130 Å². The first kappa shape index (κ1) is 41.4. The summed E-state index contributed by atoms with van der Waals surface area (Å²) in [5, 5.41) is 0.973. The third-order valence-electron chi connectivity index (χ3n) is 9.24. The van der Waals surface area contributed by atoms with Crippen molar-refractivity contribution in [2.45, 2.75) is 119 Å². The molecule has 2 nitrogen and oxygen atoms in total. The van der Waals surface area contributed by atoms with Crippen LogP contribution in [-0.4, -0.2) is 20.7 Å². The lowest BCUT2D eigenvalue weighted by Crippen LogP contribution is -2.26. The van der Waals surface area contributed by atoms with Gasteiger partial charge in [0.05, 0.1) is 0 Å². The fourth-order valence-corrected chi connectivity index (χ4v) is 8.16. The minimum absolute atomic E-state index is 0.123. The molecule has 48 heavy (non-hydrogen) atoms. The molecule has 0 aliphatic heterocycles.